The highest BCUT2D eigenvalue weighted by molar-refractivity contribution is 6.19. The summed E-state index contributed by atoms with van der Waals surface area (Å²) < 4.78 is 0. The number of non-ortho nitro benzene ring substituents is 1. The lowest BCUT2D eigenvalue weighted by Crippen LogP contribution is -2.24. The maximum atomic E-state index is 11.9. The van der Waals surface area contributed by atoms with Gasteiger partial charge in [-0.25, -0.2) is 0 Å². The Hall–Kier alpha value is -3.16. The number of nitrogens with two attached hydrogens (primary N) is 3. The number of nitro groups is 1. The van der Waals surface area contributed by atoms with Gasteiger partial charge in [-0.05, 0) is 23.8 Å². The molecule has 0 unspecified atom stereocenters. The van der Waals surface area contributed by atoms with Crippen molar-refractivity contribution in [2.24, 2.45) is 11.5 Å². The monoisotopic (exact) mass is 330 g/mol. The SMILES string of the molecule is CCCCc1c(C(N)=O)c(C(N)=O)c(N)c2c([N+](=O)[O-])cccc12. The fraction of sp³-hybridized carbons (Fsp3) is 0.250. The molecule has 0 aliphatic rings. The molecule has 2 amide bonds. The van der Waals surface area contributed by atoms with Crippen molar-refractivity contribution >= 4 is 34.0 Å². The first-order valence-electron chi connectivity index (χ1n) is 7.42. The third kappa shape index (κ3) is 2.73. The van der Waals surface area contributed by atoms with Crippen LogP contribution in [0.3, 0.4) is 0 Å². The fourth-order valence-electron chi connectivity index (χ4n) is 2.91. The van der Waals surface area contributed by atoms with Crippen LogP contribution < -0.4 is 17.2 Å². The van der Waals surface area contributed by atoms with Crippen molar-refractivity contribution in [1.82, 2.24) is 0 Å². The maximum Gasteiger partial charge on any atom is 0.279 e. The zero-order valence-corrected chi connectivity index (χ0v) is 13.2. The van der Waals surface area contributed by atoms with E-state index in [9.17, 15) is 19.7 Å². The number of aryl methyl sites for hydroxylation is 1. The predicted molar refractivity (Wildman–Crippen MR) is 90.7 cm³/mol. The van der Waals surface area contributed by atoms with Crippen LogP contribution in [-0.4, -0.2) is 16.7 Å². The Morgan fingerprint density at radius 1 is 1.17 bits per heavy atom. The van der Waals surface area contributed by atoms with E-state index in [4.69, 9.17) is 17.2 Å². The molecule has 0 heterocycles. The molecule has 0 radical (unpaired) electrons. The molecule has 0 aliphatic heterocycles. The van der Waals surface area contributed by atoms with Gasteiger partial charge in [0.15, 0.2) is 0 Å². The summed E-state index contributed by atoms with van der Waals surface area (Å²) in [6, 6.07) is 4.42. The summed E-state index contributed by atoms with van der Waals surface area (Å²) in [4.78, 5) is 34.6. The number of primary amides is 2. The zero-order valence-electron chi connectivity index (χ0n) is 13.2. The molecule has 0 saturated carbocycles. The minimum Gasteiger partial charge on any atom is -0.397 e. The molecule has 2 rings (SSSR count). The number of nitro benzene ring substituents is 1. The average molecular weight is 330 g/mol. The van der Waals surface area contributed by atoms with Gasteiger partial charge < -0.3 is 17.2 Å². The second-order valence-electron chi connectivity index (χ2n) is 5.43. The van der Waals surface area contributed by atoms with Gasteiger partial charge in [-0.1, -0.05) is 25.5 Å². The van der Waals surface area contributed by atoms with Gasteiger partial charge in [-0.2, -0.15) is 0 Å². The Kier molecular flexibility index (Phi) is 4.68. The van der Waals surface area contributed by atoms with Gasteiger partial charge >= 0.3 is 0 Å². The number of amides is 2. The second-order valence-corrected chi connectivity index (χ2v) is 5.43. The number of hydrogen-bond donors (Lipinski definition) is 3. The van der Waals surface area contributed by atoms with E-state index >= 15 is 0 Å². The smallest absolute Gasteiger partial charge is 0.279 e. The van der Waals surface area contributed by atoms with Gasteiger partial charge in [-0.3, -0.25) is 19.7 Å². The molecule has 0 aromatic heterocycles. The molecule has 2 aromatic rings. The number of nitrogens with zero attached hydrogens (tertiary/aromatic N) is 1. The minimum atomic E-state index is -0.945. The van der Waals surface area contributed by atoms with Crippen LogP contribution in [0.5, 0.6) is 0 Å². The van der Waals surface area contributed by atoms with Gasteiger partial charge in [0.2, 0.25) is 5.91 Å². The number of unbranched alkanes of at least 4 members (excludes halogenated alkanes) is 1. The molecular formula is C16H18N4O4. The first kappa shape index (κ1) is 17.2. The summed E-state index contributed by atoms with van der Waals surface area (Å²) in [5, 5.41) is 11.9. The van der Waals surface area contributed by atoms with Gasteiger partial charge in [-0.15, -0.1) is 0 Å². The molecule has 8 nitrogen and oxygen atoms in total. The summed E-state index contributed by atoms with van der Waals surface area (Å²) in [5.74, 6) is -1.78. The third-order valence-corrected chi connectivity index (χ3v) is 3.93. The molecule has 24 heavy (non-hydrogen) atoms. The normalized spacial score (nSPS) is 10.7. The van der Waals surface area contributed by atoms with Crippen LogP contribution in [0.4, 0.5) is 11.4 Å². The first-order valence-corrected chi connectivity index (χ1v) is 7.42. The lowest BCUT2D eigenvalue weighted by molar-refractivity contribution is -0.383. The number of carbonyl (C=O) groups is 2. The van der Waals surface area contributed by atoms with Crippen molar-refractivity contribution in [3.63, 3.8) is 0 Å². The van der Waals surface area contributed by atoms with Crippen molar-refractivity contribution in [2.75, 3.05) is 5.73 Å². The minimum absolute atomic E-state index is 0.0542. The van der Waals surface area contributed by atoms with Crippen molar-refractivity contribution in [3.05, 3.63) is 45.0 Å². The number of carbonyl (C=O) groups excluding carboxylic acids is 2. The molecule has 0 spiro atoms. The van der Waals surface area contributed by atoms with Crippen LogP contribution in [0.25, 0.3) is 10.8 Å². The fourth-order valence-corrected chi connectivity index (χ4v) is 2.91. The van der Waals surface area contributed by atoms with Crippen molar-refractivity contribution in [3.8, 4) is 0 Å². The van der Waals surface area contributed by atoms with Crippen LogP contribution in [0.2, 0.25) is 0 Å². The summed E-state index contributed by atoms with van der Waals surface area (Å²) in [6.45, 7) is 1.96. The number of rotatable bonds is 6. The summed E-state index contributed by atoms with van der Waals surface area (Å²) in [7, 11) is 0. The molecule has 2 aromatic carbocycles. The number of benzene rings is 2. The molecule has 126 valence electrons. The number of anilines is 1. The van der Waals surface area contributed by atoms with Gasteiger partial charge in [0, 0.05) is 6.07 Å². The van der Waals surface area contributed by atoms with Crippen LogP contribution in [0.1, 0.15) is 46.0 Å². The highest BCUT2D eigenvalue weighted by Crippen LogP contribution is 2.38. The largest absolute Gasteiger partial charge is 0.397 e. The van der Waals surface area contributed by atoms with E-state index in [2.05, 4.69) is 0 Å². The standard InChI is InChI=1S/C16H18N4O4/c1-2-3-5-9-8-6-4-7-10(20(23)24)11(8)14(17)13(16(19)22)12(9)15(18)21/h4,6-7H,2-3,5,17H2,1H3,(H2,18,21)(H2,19,22). The molecule has 0 atom stereocenters. The van der Waals surface area contributed by atoms with E-state index in [1.165, 1.54) is 12.1 Å². The van der Waals surface area contributed by atoms with Crippen LogP contribution >= 0.6 is 0 Å². The maximum absolute atomic E-state index is 11.9. The zero-order chi connectivity index (χ0) is 18.0. The number of nitrogen functional groups attached to an aromatic ring is 1. The molecule has 6 N–H and O–H groups in total. The Morgan fingerprint density at radius 2 is 1.79 bits per heavy atom. The van der Waals surface area contributed by atoms with Crippen LogP contribution in [0.15, 0.2) is 18.2 Å². The van der Waals surface area contributed by atoms with Crippen LogP contribution in [-0.2, 0) is 6.42 Å². The lowest BCUT2D eigenvalue weighted by atomic mass is 9.88. The van der Waals surface area contributed by atoms with Gasteiger partial charge in [0.25, 0.3) is 11.6 Å². The topological polar surface area (TPSA) is 155 Å². The number of fused-ring (bicyclic) bond motifs is 1. The van der Waals surface area contributed by atoms with E-state index in [0.29, 0.717) is 23.8 Å². The molecule has 0 aliphatic carbocycles. The van der Waals surface area contributed by atoms with E-state index in [0.717, 1.165) is 6.42 Å². The quantitative estimate of drug-likeness (QED) is 0.419. The Morgan fingerprint density at radius 3 is 2.29 bits per heavy atom. The molecular weight excluding hydrogens is 312 g/mol. The first-order chi connectivity index (χ1) is 11.3. The summed E-state index contributed by atoms with van der Waals surface area (Å²) in [5.41, 5.74) is 16.5. The summed E-state index contributed by atoms with van der Waals surface area (Å²) >= 11 is 0. The van der Waals surface area contributed by atoms with Crippen molar-refractivity contribution in [2.45, 2.75) is 26.2 Å². The highest BCUT2D eigenvalue weighted by Gasteiger charge is 2.27. The second kappa shape index (κ2) is 6.53. The van der Waals surface area contributed by atoms with Gasteiger partial charge in [0.1, 0.15) is 0 Å². The van der Waals surface area contributed by atoms with E-state index in [1.807, 2.05) is 6.92 Å². The Balaban J connectivity index is 3.07. The van der Waals surface area contributed by atoms with Gasteiger partial charge in [0.05, 0.1) is 27.1 Å². The average Bonchev–Trinajstić information content (AvgIpc) is 2.52. The van der Waals surface area contributed by atoms with Crippen LogP contribution in [0, 0.1) is 10.1 Å². The predicted octanol–water partition coefficient (Wildman–Crippen LogP) is 1.87. The van der Waals surface area contributed by atoms with E-state index < -0.39 is 16.7 Å². The Labute approximate surface area is 137 Å². The molecule has 0 saturated heterocycles. The highest BCUT2D eigenvalue weighted by atomic mass is 16.6. The molecule has 0 bridgehead atoms. The Bertz CT molecular complexity index is 861. The van der Waals surface area contributed by atoms with E-state index in [1.54, 1.807) is 6.07 Å². The lowest BCUT2D eigenvalue weighted by Gasteiger charge is -2.17. The van der Waals surface area contributed by atoms with E-state index in [-0.39, 0.29) is 27.9 Å². The van der Waals surface area contributed by atoms with Crippen molar-refractivity contribution < 1.29 is 14.5 Å². The summed E-state index contributed by atoms with van der Waals surface area (Å²) in [6.07, 6.45) is 1.96. The number of hydrogen-bond acceptors (Lipinski definition) is 5. The van der Waals surface area contributed by atoms with Crippen molar-refractivity contribution in [1.29, 1.82) is 0 Å². The molecule has 8 heteroatoms. The third-order valence-electron chi connectivity index (χ3n) is 3.93. The molecule has 0 fully saturated rings.